The van der Waals surface area contributed by atoms with Crippen LogP contribution in [0.1, 0.15) is 27.0 Å². The molecule has 0 atom stereocenters. The lowest BCUT2D eigenvalue weighted by molar-refractivity contribution is 0.108. The lowest BCUT2D eigenvalue weighted by Gasteiger charge is -2.05. The first-order valence-corrected chi connectivity index (χ1v) is 4.30. The maximum Gasteiger partial charge on any atom is 0.254 e. The molecular weight excluding hydrogens is 208 g/mol. The van der Waals surface area contributed by atoms with Crippen LogP contribution in [0.2, 0.25) is 0 Å². The predicted octanol–water partition coefficient (Wildman–Crippen LogP) is 2.01. The van der Waals surface area contributed by atoms with Gasteiger partial charge in [-0.15, -0.1) is 19.3 Å². The molecule has 0 aliphatic rings. The standard InChI is InChI=1S/C13H5ClO/c1-4-9-7-8-10(5-2)12(13(14)15)11(9)6-3/h1-3,7-8H. The Hall–Kier alpha value is -2.14. The van der Waals surface area contributed by atoms with Gasteiger partial charge in [-0.05, 0) is 23.7 Å². The Balaban J connectivity index is 3.73. The molecule has 0 spiro atoms. The summed E-state index contributed by atoms with van der Waals surface area (Å²) in [6.07, 6.45) is 15.7. The zero-order valence-corrected chi connectivity index (χ0v) is 8.43. The summed E-state index contributed by atoms with van der Waals surface area (Å²) >= 11 is 5.40. The smallest absolute Gasteiger partial charge is 0.254 e. The molecule has 0 saturated carbocycles. The van der Waals surface area contributed by atoms with E-state index < -0.39 is 5.24 Å². The highest BCUT2D eigenvalue weighted by atomic mass is 35.5. The number of halogens is 1. The molecule has 1 aromatic carbocycles. The monoisotopic (exact) mass is 212 g/mol. The van der Waals surface area contributed by atoms with E-state index in [2.05, 4.69) is 17.8 Å². The summed E-state index contributed by atoms with van der Waals surface area (Å²) in [4.78, 5) is 11.2. The molecule has 0 amide bonds. The van der Waals surface area contributed by atoms with Gasteiger partial charge in [0.1, 0.15) is 0 Å². The zero-order chi connectivity index (χ0) is 11.4. The second-order valence-corrected chi connectivity index (χ2v) is 2.96. The van der Waals surface area contributed by atoms with E-state index >= 15 is 0 Å². The lowest BCUT2D eigenvalue weighted by Crippen LogP contribution is -2.01. The van der Waals surface area contributed by atoms with Gasteiger partial charge in [-0.2, -0.15) is 0 Å². The van der Waals surface area contributed by atoms with Crippen LogP contribution in [-0.4, -0.2) is 5.24 Å². The summed E-state index contributed by atoms with van der Waals surface area (Å²) in [5, 5.41) is -0.701. The summed E-state index contributed by atoms with van der Waals surface area (Å²) in [5.74, 6) is 7.03. The number of carbonyl (C=O) groups is 1. The number of hydrogen-bond donors (Lipinski definition) is 0. The first kappa shape index (κ1) is 10.9. The second kappa shape index (κ2) is 4.39. The van der Waals surface area contributed by atoms with Crippen molar-refractivity contribution in [3.8, 4) is 37.0 Å². The number of benzene rings is 1. The van der Waals surface area contributed by atoms with E-state index in [9.17, 15) is 4.79 Å². The number of hydrogen-bond acceptors (Lipinski definition) is 1. The van der Waals surface area contributed by atoms with Crippen molar-refractivity contribution in [2.75, 3.05) is 0 Å². The summed E-state index contributed by atoms with van der Waals surface area (Å²) < 4.78 is 0. The van der Waals surface area contributed by atoms with Crippen molar-refractivity contribution in [2.24, 2.45) is 0 Å². The maximum atomic E-state index is 11.2. The van der Waals surface area contributed by atoms with Crippen LogP contribution in [0.5, 0.6) is 0 Å². The molecule has 0 aliphatic heterocycles. The molecule has 0 fully saturated rings. The Morgan fingerprint density at radius 1 is 1.07 bits per heavy atom. The lowest BCUT2D eigenvalue weighted by atomic mass is 9.97. The topological polar surface area (TPSA) is 17.1 Å². The predicted molar refractivity (Wildman–Crippen MR) is 60.4 cm³/mol. The minimum Gasteiger partial charge on any atom is -0.276 e. The largest absolute Gasteiger partial charge is 0.276 e. The number of terminal acetylenes is 3. The maximum absolute atomic E-state index is 11.2. The first-order valence-electron chi connectivity index (χ1n) is 3.92. The number of rotatable bonds is 1. The molecule has 0 bridgehead atoms. The zero-order valence-electron chi connectivity index (χ0n) is 7.67. The van der Waals surface area contributed by atoms with Crippen molar-refractivity contribution in [1.29, 1.82) is 0 Å². The van der Waals surface area contributed by atoms with E-state index in [1.807, 2.05) is 0 Å². The van der Waals surface area contributed by atoms with Crippen molar-refractivity contribution >= 4 is 16.8 Å². The van der Waals surface area contributed by atoms with E-state index in [-0.39, 0.29) is 11.1 Å². The van der Waals surface area contributed by atoms with Crippen LogP contribution in [0, 0.1) is 37.0 Å². The molecule has 1 nitrogen and oxygen atoms in total. The molecule has 0 saturated heterocycles. The van der Waals surface area contributed by atoms with Crippen LogP contribution in [0.3, 0.4) is 0 Å². The van der Waals surface area contributed by atoms with E-state index in [0.29, 0.717) is 11.1 Å². The van der Waals surface area contributed by atoms with Crippen LogP contribution in [0.4, 0.5) is 0 Å². The van der Waals surface area contributed by atoms with Crippen LogP contribution >= 0.6 is 11.6 Å². The van der Waals surface area contributed by atoms with Crippen molar-refractivity contribution < 1.29 is 4.79 Å². The summed E-state index contributed by atoms with van der Waals surface area (Å²) in [5.41, 5.74) is 1.17. The summed E-state index contributed by atoms with van der Waals surface area (Å²) in [7, 11) is 0. The van der Waals surface area contributed by atoms with Gasteiger partial charge in [-0.3, -0.25) is 4.79 Å². The van der Waals surface area contributed by atoms with Gasteiger partial charge in [-0.25, -0.2) is 0 Å². The molecular formula is C13H5ClO. The van der Waals surface area contributed by atoms with Gasteiger partial charge in [0, 0.05) is 11.1 Å². The summed E-state index contributed by atoms with van der Waals surface area (Å²) in [6.45, 7) is 0. The van der Waals surface area contributed by atoms with Gasteiger partial charge in [-0.1, -0.05) is 17.8 Å². The third kappa shape index (κ3) is 1.87. The van der Waals surface area contributed by atoms with E-state index in [1.165, 1.54) is 0 Å². The fourth-order valence-electron chi connectivity index (χ4n) is 1.20. The Bertz CT molecular complexity index is 548. The molecule has 15 heavy (non-hydrogen) atoms. The van der Waals surface area contributed by atoms with E-state index in [1.54, 1.807) is 12.1 Å². The normalized spacial score (nSPS) is 8.40. The second-order valence-electron chi connectivity index (χ2n) is 2.62. The molecule has 2 heteroatoms. The fourth-order valence-corrected chi connectivity index (χ4v) is 1.39. The first-order chi connectivity index (χ1) is 7.15. The van der Waals surface area contributed by atoms with Crippen molar-refractivity contribution in [3.63, 3.8) is 0 Å². The molecule has 1 rings (SSSR count). The third-order valence-electron chi connectivity index (χ3n) is 1.86. The molecule has 0 unspecified atom stereocenters. The Kier molecular flexibility index (Phi) is 3.20. The quantitative estimate of drug-likeness (QED) is 0.514. The van der Waals surface area contributed by atoms with E-state index in [0.717, 1.165) is 0 Å². The molecule has 0 aromatic heterocycles. The highest BCUT2D eigenvalue weighted by Gasteiger charge is 2.15. The van der Waals surface area contributed by atoms with Gasteiger partial charge in [0.2, 0.25) is 0 Å². The Morgan fingerprint density at radius 2 is 1.60 bits per heavy atom. The van der Waals surface area contributed by atoms with Crippen LogP contribution < -0.4 is 0 Å². The number of carbonyl (C=O) groups excluding carboxylic acids is 1. The van der Waals surface area contributed by atoms with Gasteiger partial charge in [0.15, 0.2) is 0 Å². The van der Waals surface area contributed by atoms with Gasteiger partial charge in [0.05, 0.1) is 11.1 Å². The molecule has 0 N–H and O–H groups in total. The molecule has 70 valence electrons. The fraction of sp³-hybridized carbons (Fsp3) is 0. The minimum absolute atomic E-state index is 0.122. The SMILES string of the molecule is C#Cc1ccc(C#C)c(C(=O)Cl)c1C#C. The summed E-state index contributed by atoms with van der Waals surface area (Å²) in [6, 6.07) is 3.14. The van der Waals surface area contributed by atoms with E-state index in [4.69, 9.17) is 30.9 Å². The highest BCUT2D eigenvalue weighted by molar-refractivity contribution is 6.68. The van der Waals surface area contributed by atoms with Gasteiger partial charge in [0.25, 0.3) is 5.24 Å². The van der Waals surface area contributed by atoms with Crippen molar-refractivity contribution in [3.05, 3.63) is 34.4 Å². The minimum atomic E-state index is -0.701. The Labute approximate surface area is 93.4 Å². The van der Waals surface area contributed by atoms with Gasteiger partial charge >= 0.3 is 0 Å². The highest BCUT2D eigenvalue weighted by Crippen LogP contribution is 2.19. The van der Waals surface area contributed by atoms with Gasteiger partial charge < -0.3 is 0 Å². The average molecular weight is 213 g/mol. The van der Waals surface area contributed by atoms with Crippen LogP contribution in [0.25, 0.3) is 0 Å². The molecule has 0 radical (unpaired) electrons. The third-order valence-corrected chi connectivity index (χ3v) is 2.05. The molecule has 1 aromatic rings. The average Bonchev–Trinajstić information content (AvgIpc) is 2.26. The van der Waals surface area contributed by atoms with Crippen LogP contribution in [-0.2, 0) is 0 Å². The van der Waals surface area contributed by atoms with Crippen molar-refractivity contribution in [2.45, 2.75) is 0 Å². The molecule has 0 aliphatic carbocycles. The Morgan fingerprint density at radius 3 is 2.00 bits per heavy atom. The molecule has 0 heterocycles. The van der Waals surface area contributed by atoms with Crippen LogP contribution in [0.15, 0.2) is 12.1 Å². The van der Waals surface area contributed by atoms with Crippen molar-refractivity contribution in [1.82, 2.24) is 0 Å².